The van der Waals surface area contributed by atoms with Gasteiger partial charge in [-0.2, -0.15) is 4.73 Å². The minimum atomic E-state index is -1.13. The van der Waals surface area contributed by atoms with Crippen LogP contribution < -0.4 is 19.5 Å². The van der Waals surface area contributed by atoms with Gasteiger partial charge in [0.25, 0.3) is 0 Å². The van der Waals surface area contributed by atoms with Crippen LogP contribution in [0.25, 0.3) is 0 Å². The predicted molar refractivity (Wildman–Crippen MR) is 189 cm³/mol. The standard InChI is InChI=1S/C38H39Cl2N3O7/c1-48-32-12-11-25(17-33(32)49-2)28(18-29-30(39)20-43(47)21-31(29)40)35-26(9-6-10-27(35)37(44)45)19-41-36(24-7-4-3-5-8-24)38(46)50-34-22-42-15-13-23(34)14-16-42/h3-12,17,20-21,23,28,34,36,41H,13-16,18-19,22H2,1-2H3,(H,44,45)/t28-,34-,36?/m0/s1. The summed E-state index contributed by atoms with van der Waals surface area (Å²) < 4.78 is 17.8. The van der Waals surface area contributed by atoms with Gasteiger partial charge in [0.05, 0.1) is 19.8 Å². The van der Waals surface area contributed by atoms with E-state index < -0.39 is 17.9 Å². The van der Waals surface area contributed by atoms with Crippen LogP contribution in [0.2, 0.25) is 10.0 Å². The fourth-order valence-electron chi connectivity index (χ4n) is 7.21. The first kappa shape index (κ1) is 35.5. The zero-order valence-electron chi connectivity index (χ0n) is 27.8. The maximum atomic E-state index is 13.9. The summed E-state index contributed by atoms with van der Waals surface area (Å²) in [4.78, 5) is 29.1. The van der Waals surface area contributed by atoms with Crippen LogP contribution in [0.15, 0.2) is 79.1 Å². The summed E-state index contributed by atoms with van der Waals surface area (Å²) in [6.45, 7) is 2.91. The first-order chi connectivity index (χ1) is 24.2. The molecule has 0 amide bonds. The van der Waals surface area contributed by atoms with E-state index in [4.69, 9.17) is 37.4 Å². The Morgan fingerprint density at radius 3 is 2.28 bits per heavy atom. The van der Waals surface area contributed by atoms with Gasteiger partial charge in [-0.1, -0.05) is 71.7 Å². The van der Waals surface area contributed by atoms with Crippen LogP contribution in [-0.4, -0.2) is 61.9 Å². The molecule has 2 N–H and O–H groups in total. The van der Waals surface area contributed by atoms with Gasteiger partial charge in [-0.15, -0.1) is 0 Å². The predicted octanol–water partition coefficient (Wildman–Crippen LogP) is 6.19. The number of halogens is 2. The van der Waals surface area contributed by atoms with Gasteiger partial charge in [0, 0.05) is 24.6 Å². The van der Waals surface area contributed by atoms with Crippen LogP contribution in [0.5, 0.6) is 11.5 Å². The highest BCUT2D eigenvalue weighted by molar-refractivity contribution is 6.35. The Balaban J connectivity index is 1.40. The number of aromatic nitrogens is 1. The Kier molecular flexibility index (Phi) is 11.1. The van der Waals surface area contributed by atoms with Crippen LogP contribution in [0.4, 0.5) is 0 Å². The first-order valence-corrected chi connectivity index (χ1v) is 17.3. The third kappa shape index (κ3) is 7.68. The summed E-state index contributed by atoms with van der Waals surface area (Å²) in [7, 11) is 3.05. The highest BCUT2D eigenvalue weighted by atomic mass is 35.5. The Morgan fingerprint density at radius 2 is 1.66 bits per heavy atom. The van der Waals surface area contributed by atoms with Crippen LogP contribution in [-0.2, 0) is 22.5 Å². The zero-order valence-corrected chi connectivity index (χ0v) is 29.3. The van der Waals surface area contributed by atoms with Gasteiger partial charge < -0.3 is 24.5 Å². The Bertz CT molecular complexity index is 1830. The number of nitrogens with zero attached hydrogens (tertiary/aromatic N) is 2. The molecule has 3 atom stereocenters. The largest absolute Gasteiger partial charge is 0.619 e. The number of ether oxygens (including phenoxy) is 3. The van der Waals surface area contributed by atoms with Crippen molar-refractivity contribution in [2.75, 3.05) is 33.9 Å². The summed E-state index contributed by atoms with van der Waals surface area (Å²) in [5.74, 6) is -0.851. The van der Waals surface area contributed by atoms with Crippen LogP contribution in [0, 0.1) is 11.1 Å². The van der Waals surface area contributed by atoms with Gasteiger partial charge in [0.1, 0.15) is 22.2 Å². The molecule has 3 saturated heterocycles. The average Bonchev–Trinajstić information content (AvgIpc) is 3.12. The lowest BCUT2D eigenvalue weighted by Crippen LogP contribution is -2.52. The third-order valence-corrected chi connectivity index (χ3v) is 10.4. The minimum Gasteiger partial charge on any atom is -0.619 e. The van der Waals surface area contributed by atoms with Gasteiger partial charge in [-0.3, -0.25) is 10.2 Å². The molecular formula is C38H39Cl2N3O7. The number of carbonyl (C=O) groups excluding carboxylic acids is 1. The molecule has 10 nitrogen and oxygen atoms in total. The molecule has 50 heavy (non-hydrogen) atoms. The molecule has 0 saturated carbocycles. The number of methoxy groups -OCH3 is 2. The number of nitrogens with one attached hydrogen (secondary N) is 1. The van der Waals surface area contributed by atoms with E-state index in [0.717, 1.165) is 38.0 Å². The Labute approximate surface area is 301 Å². The minimum absolute atomic E-state index is 0.0669. The second kappa shape index (κ2) is 15.7. The highest BCUT2D eigenvalue weighted by Crippen LogP contribution is 2.40. The van der Waals surface area contributed by atoms with E-state index in [2.05, 4.69) is 10.2 Å². The summed E-state index contributed by atoms with van der Waals surface area (Å²) in [5.41, 5.74) is 3.11. The van der Waals surface area contributed by atoms with Crippen molar-refractivity contribution in [1.82, 2.24) is 10.2 Å². The number of carbonyl (C=O) groups is 2. The number of carboxylic acids is 1. The first-order valence-electron chi connectivity index (χ1n) is 16.5. The molecule has 12 heteroatoms. The Hall–Kier alpha value is -4.35. The van der Waals surface area contributed by atoms with E-state index in [-0.39, 0.29) is 40.6 Å². The number of carboxylic acid groups (broad SMARTS) is 1. The number of piperidine rings is 3. The van der Waals surface area contributed by atoms with Crippen molar-refractivity contribution < 1.29 is 33.6 Å². The Morgan fingerprint density at radius 1 is 0.960 bits per heavy atom. The van der Waals surface area contributed by atoms with E-state index in [1.54, 1.807) is 24.3 Å². The van der Waals surface area contributed by atoms with Gasteiger partial charge in [-0.05, 0) is 78.7 Å². The number of pyridine rings is 1. The topological polar surface area (TPSA) is 124 Å². The molecule has 3 aliphatic rings. The molecule has 3 fully saturated rings. The van der Waals surface area contributed by atoms with Crippen molar-refractivity contribution >= 4 is 35.1 Å². The number of fused-ring (bicyclic) bond motifs is 3. The monoisotopic (exact) mass is 719 g/mol. The molecule has 3 aliphatic heterocycles. The van der Waals surface area contributed by atoms with E-state index in [1.165, 1.54) is 26.6 Å². The average molecular weight is 721 g/mol. The van der Waals surface area contributed by atoms with Gasteiger partial charge >= 0.3 is 11.9 Å². The lowest BCUT2D eigenvalue weighted by molar-refractivity contribution is -0.605. The zero-order chi connectivity index (χ0) is 35.4. The van der Waals surface area contributed by atoms with Crippen molar-refractivity contribution in [3.8, 4) is 11.5 Å². The molecule has 0 radical (unpaired) electrons. The van der Waals surface area contributed by atoms with Crippen molar-refractivity contribution in [3.05, 3.63) is 128 Å². The van der Waals surface area contributed by atoms with Crippen molar-refractivity contribution in [3.63, 3.8) is 0 Å². The van der Waals surface area contributed by atoms with Crippen molar-refractivity contribution in [2.45, 2.75) is 43.9 Å². The number of benzene rings is 3. The van der Waals surface area contributed by atoms with Crippen molar-refractivity contribution in [1.29, 1.82) is 0 Å². The van der Waals surface area contributed by atoms with E-state index >= 15 is 0 Å². The second-order valence-electron chi connectivity index (χ2n) is 12.7. The molecule has 262 valence electrons. The summed E-state index contributed by atoms with van der Waals surface area (Å²) in [6, 6.07) is 19.0. The van der Waals surface area contributed by atoms with E-state index in [9.17, 15) is 19.9 Å². The highest BCUT2D eigenvalue weighted by Gasteiger charge is 2.38. The lowest BCUT2D eigenvalue weighted by Gasteiger charge is -2.44. The van der Waals surface area contributed by atoms with Gasteiger partial charge in [-0.25, -0.2) is 9.59 Å². The fourth-order valence-corrected chi connectivity index (χ4v) is 7.81. The smallest absolute Gasteiger partial charge is 0.335 e. The summed E-state index contributed by atoms with van der Waals surface area (Å²) in [5, 5.41) is 26.3. The van der Waals surface area contributed by atoms with Crippen LogP contribution in [0.3, 0.4) is 0 Å². The molecule has 1 unspecified atom stereocenters. The summed E-state index contributed by atoms with van der Waals surface area (Å²) in [6.07, 6.45) is 4.42. The number of esters is 1. The van der Waals surface area contributed by atoms with Crippen molar-refractivity contribution in [2.24, 2.45) is 5.92 Å². The number of hydrogen-bond donors (Lipinski definition) is 2. The third-order valence-electron chi connectivity index (χ3n) is 9.78. The van der Waals surface area contributed by atoms with Gasteiger partial charge in [0.15, 0.2) is 23.9 Å². The molecule has 3 aromatic carbocycles. The van der Waals surface area contributed by atoms with Crippen LogP contribution >= 0.6 is 23.2 Å². The number of hydrogen-bond acceptors (Lipinski definition) is 8. The number of rotatable bonds is 13. The number of aromatic carboxylic acids is 1. The maximum Gasteiger partial charge on any atom is 0.335 e. The maximum absolute atomic E-state index is 13.9. The fraction of sp³-hybridized carbons (Fsp3) is 0.342. The molecule has 4 aromatic rings. The molecule has 7 rings (SSSR count). The SMILES string of the molecule is COc1ccc([C@H](Cc2c(Cl)c[n+]([O-])cc2Cl)c2c(CNC(C(=O)O[C@H]3CN4CCC3CC4)c3ccccc3)cccc2C(=O)O)cc1OC. The molecular weight excluding hydrogens is 681 g/mol. The molecule has 2 bridgehead atoms. The van der Waals surface area contributed by atoms with E-state index in [0.29, 0.717) is 44.4 Å². The second-order valence-corrected chi connectivity index (χ2v) is 13.5. The molecule has 1 aromatic heterocycles. The molecule has 4 heterocycles. The normalized spacial score (nSPS) is 19.4. The molecule has 0 aliphatic carbocycles. The van der Waals surface area contributed by atoms with E-state index in [1.807, 2.05) is 42.5 Å². The summed E-state index contributed by atoms with van der Waals surface area (Å²) >= 11 is 13.2. The van der Waals surface area contributed by atoms with Crippen LogP contribution in [0.1, 0.15) is 63.0 Å². The lowest BCUT2D eigenvalue weighted by atomic mass is 9.80. The quantitative estimate of drug-likeness (QED) is 0.0947. The molecule has 0 spiro atoms. The van der Waals surface area contributed by atoms with Gasteiger partial charge in [0.2, 0.25) is 0 Å².